The zero-order valence-electron chi connectivity index (χ0n) is 42.1. The minimum atomic E-state index is -2.19. The molecule has 0 bridgehead atoms. The number of cyclic esters (lactones) is 1. The third-order valence-electron chi connectivity index (χ3n) is 15.5. The first-order chi connectivity index (χ1) is 28.8. The summed E-state index contributed by atoms with van der Waals surface area (Å²) in [6.07, 6.45) is 10.9. The molecule has 1 saturated heterocycles. The fraction of sp³-hybridized carbons (Fsp3) is 0.837. The van der Waals surface area contributed by atoms with E-state index in [0.29, 0.717) is 19.3 Å². The molecular formula is C49H92O9Si3. The second-order valence-electron chi connectivity index (χ2n) is 18.6. The fourth-order valence-corrected chi connectivity index (χ4v) is 18.7. The largest absolute Gasteiger partial charge is 0.458 e. The van der Waals surface area contributed by atoms with Crippen molar-refractivity contribution in [2.45, 2.75) is 252 Å². The van der Waals surface area contributed by atoms with Crippen LogP contribution in [-0.2, 0) is 41.8 Å². The summed E-state index contributed by atoms with van der Waals surface area (Å²) >= 11 is 0. The Morgan fingerprint density at radius 3 is 1.90 bits per heavy atom. The molecule has 0 saturated carbocycles. The van der Waals surface area contributed by atoms with Gasteiger partial charge in [-0.05, 0) is 125 Å². The number of esters is 2. The predicted molar refractivity (Wildman–Crippen MR) is 260 cm³/mol. The number of hydrogen-bond acceptors (Lipinski definition) is 9. The first kappa shape index (κ1) is 55.7. The van der Waals surface area contributed by atoms with Crippen molar-refractivity contribution in [1.29, 1.82) is 0 Å². The Morgan fingerprint density at radius 2 is 1.41 bits per heavy atom. The van der Waals surface area contributed by atoms with Gasteiger partial charge >= 0.3 is 11.9 Å². The van der Waals surface area contributed by atoms with Crippen LogP contribution in [0, 0.1) is 5.92 Å². The number of methoxy groups -OCH3 is 1. The van der Waals surface area contributed by atoms with Crippen LogP contribution < -0.4 is 0 Å². The van der Waals surface area contributed by atoms with E-state index in [0.717, 1.165) is 78.4 Å². The highest BCUT2D eigenvalue weighted by atomic mass is 28.4. The van der Waals surface area contributed by atoms with Crippen LogP contribution in [0.5, 0.6) is 0 Å². The zero-order chi connectivity index (χ0) is 46.2. The van der Waals surface area contributed by atoms with Crippen LogP contribution in [-0.4, -0.2) is 91.8 Å². The van der Waals surface area contributed by atoms with Gasteiger partial charge in [0.05, 0.1) is 18.6 Å². The van der Waals surface area contributed by atoms with E-state index in [2.05, 4.69) is 109 Å². The van der Waals surface area contributed by atoms with Gasteiger partial charge in [-0.25, -0.2) is 0 Å². The lowest BCUT2D eigenvalue weighted by Crippen LogP contribution is -2.61. The molecule has 2 heterocycles. The van der Waals surface area contributed by atoms with Gasteiger partial charge in [0.25, 0.3) is 0 Å². The molecule has 61 heavy (non-hydrogen) atoms. The topological polar surface area (TPSA) is 102 Å². The average Bonchev–Trinajstić information content (AvgIpc) is 4.07. The van der Waals surface area contributed by atoms with E-state index < -0.39 is 42.3 Å². The number of ether oxygens (including phenoxy) is 4. The van der Waals surface area contributed by atoms with E-state index in [1.165, 1.54) is 6.92 Å². The lowest BCUT2D eigenvalue weighted by Gasteiger charge is -2.48. The highest BCUT2D eigenvalue weighted by Crippen LogP contribution is 2.50. The summed E-state index contributed by atoms with van der Waals surface area (Å²) in [5, 5.41) is 0. The van der Waals surface area contributed by atoms with Gasteiger partial charge in [0.2, 0.25) is 0 Å². The molecule has 0 aromatic rings. The molecule has 9 nitrogen and oxygen atoms in total. The van der Waals surface area contributed by atoms with E-state index in [9.17, 15) is 9.59 Å². The molecule has 9 atom stereocenters. The molecule has 354 valence electrons. The minimum Gasteiger partial charge on any atom is -0.458 e. The Morgan fingerprint density at radius 1 is 0.852 bits per heavy atom. The van der Waals surface area contributed by atoms with Gasteiger partial charge in [0.15, 0.2) is 25.0 Å². The highest BCUT2D eigenvalue weighted by Gasteiger charge is 2.64. The first-order valence-corrected chi connectivity index (χ1v) is 32.0. The third-order valence-corrected chi connectivity index (χ3v) is 29.6. The highest BCUT2D eigenvalue weighted by molar-refractivity contribution is 6.74. The van der Waals surface area contributed by atoms with Gasteiger partial charge in [0.1, 0.15) is 29.5 Å². The van der Waals surface area contributed by atoms with Crippen LogP contribution in [0.15, 0.2) is 35.5 Å². The zero-order valence-corrected chi connectivity index (χ0v) is 45.1. The summed E-state index contributed by atoms with van der Waals surface area (Å²) in [4.78, 5) is 25.9. The van der Waals surface area contributed by atoms with E-state index in [4.69, 9.17) is 32.2 Å². The molecule has 0 radical (unpaired) electrons. The monoisotopic (exact) mass is 909 g/mol. The Balaban J connectivity index is 2.63. The Labute approximate surface area is 377 Å². The van der Waals surface area contributed by atoms with E-state index in [1.807, 2.05) is 19.1 Å². The molecule has 0 aromatic heterocycles. The molecule has 0 aliphatic carbocycles. The van der Waals surface area contributed by atoms with E-state index >= 15 is 0 Å². The second kappa shape index (κ2) is 25.3. The second-order valence-corrected chi connectivity index (χ2v) is 32.7. The van der Waals surface area contributed by atoms with Crippen molar-refractivity contribution in [1.82, 2.24) is 0 Å². The molecule has 12 heteroatoms. The maximum atomic E-state index is 13.8. The lowest BCUT2D eigenvalue weighted by molar-refractivity contribution is -0.149. The first-order valence-electron chi connectivity index (χ1n) is 24.4. The lowest BCUT2D eigenvalue weighted by atomic mass is 9.79. The number of carbonyl (C=O) groups is 2. The van der Waals surface area contributed by atoms with Crippen molar-refractivity contribution >= 4 is 36.9 Å². The summed E-state index contributed by atoms with van der Waals surface area (Å²) in [5.41, 5.74) is 0.292. The summed E-state index contributed by atoms with van der Waals surface area (Å²) in [6, 6.07) is 9.35. The molecule has 5 unspecified atom stereocenters. The molecule has 0 spiro atoms. The molecular weight excluding hydrogens is 817 g/mol. The van der Waals surface area contributed by atoms with Crippen LogP contribution in [0.2, 0.25) is 54.4 Å². The van der Waals surface area contributed by atoms with Gasteiger partial charge in [-0.15, -0.1) is 0 Å². The maximum Gasteiger partial charge on any atom is 0.308 e. The van der Waals surface area contributed by atoms with Crippen LogP contribution in [0.25, 0.3) is 0 Å². The third kappa shape index (κ3) is 14.6. The molecule has 0 aromatic carbocycles. The standard InChI is InChI=1S/C49H92O9Si3/c1-18-43(57-60(22-5,23-6)24-7)39(13)46-47(55-46)49(16,52-17)48(15,58-61(25-8,26-9)27-10)35-34-37(11)38(12)44-33-29-31-41(53-40(14)50)30-28-32-42(36-45(51)54-44)56-59(19-2,20-3)21-4/h29,31,34-35,39,41-44,46-47H,18-28,30,32-33,36H2,1-17H3/b31-29?,35-34+,38-37+/t39-,41?,42?,43+,44?,46+,47+,48?,49?/m1/s1. The van der Waals surface area contributed by atoms with Crippen molar-refractivity contribution in [2.24, 2.45) is 5.92 Å². The Kier molecular flexibility index (Phi) is 23.2. The van der Waals surface area contributed by atoms with Crippen molar-refractivity contribution in [2.75, 3.05) is 7.11 Å². The van der Waals surface area contributed by atoms with Gasteiger partial charge < -0.3 is 32.2 Å². The normalized spacial score (nSPS) is 25.7. The summed E-state index contributed by atoms with van der Waals surface area (Å²) in [6.45, 7) is 34.7. The van der Waals surface area contributed by atoms with E-state index in [1.54, 1.807) is 7.11 Å². The van der Waals surface area contributed by atoms with Gasteiger partial charge in [-0.1, -0.05) is 94.4 Å². The van der Waals surface area contributed by atoms with Gasteiger partial charge in [0, 0.05) is 32.5 Å². The van der Waals surface area contributed by atoms with Gasteiger partial charge in [-0.2, -0.15) is 0 Å². The molecule has 0 N–H and O–H groups in total. The SMILES string of the molecule is CC[C@H](O[Si](CC)(CC)CC)[C@@H](C)[C@@H]1O[C@@H]1C(C)(OC)C(C)(/C=C/C(C)=C(\C)C1CC=CC(OC(C)=O)CCCC(O[Si](CC)(CC)CC)CC(=O)O1)O[Si](CC)(CC)CC. The quantitative estimate of drug-likeness (QED) is 0.0291. The molecule has 2 aliphatic heterocycles. The van der Waals surface area contributed by atoms with Crippen LogP contribution in [0.1, 0.15) is 149 Å². The smallest absolute Gasteiger partial charge is 0.308 e. The van der Waals surface area contributed by atoms with Gasteiger partial charge in [-0.3, -0.25) is 9.59 Å². The molecule has 2 aliphatic rings. The number of hydrogen-bond donors (Lipinski definition) is 0. The number of allylic oxidation sites excluding steroid dienone is 2. The Bertz CT molecular complexity index is 1410. The van der Waals surface area contributed by atoms with Crippen molar-refractivity contribution < 1.29 is 41.8 Å². The number of epoxide rings is 1. The number of rotatable bonds is 25. The van der Waals surface area contributed by atoms with Crippen LogP contribution in [0.4, 0.5) is 0 Å². The number of carbonyl (C=O) groups excluding carboxylic acids is 2. The summed E-state index contributed by atoms with van der Waals surface area (Å²) in [7, 11) is -4.21. The average molecular weight is 910 g/mol. The van der Waals surface area contributed by atoms with Crippen molar-refractivity contribution in [3.05, 3.63) is 35.5 Å². The summed E-state index contributed by atoms with van der Waals surface area (Å²) in [5.74, 6) is -0.352. The molecule has 0 amide bonds. The Hall–Kier alpha value is -1.39. The predicted octanol–water partition coefficient (Wildman–Crippen LogP) is 13.0. The minimum absolute atomic E-state index is 0.0198. The van der Waals surface area contributed by atoms with E-state index in [-0.39, 0.29) is 54.8 Å². The maximum absolute atomic E-state index is 13.8. The fourth-order valence-electron chi connectivity index (χ4n) is 9.62. The van der Waals surface area contributed by atoms with Crippen LogP contribution >= 0.6 is 0 Å². The summed E-state index contributed by atoms with van der Waals surface area (Å²) < 4.78 is 47.0. The van der Waals surface area contributed by atoms with Crippen LogP contribution in [0.3, 0.4) is 0 Å². The molecule has 2 rings (SSSR count). The van der Waals surface area contributed by atoms with Crippen molar-refractivity contribution in [3.63, 3.8) is 0 Å². The molecule has 1 fully saturated rings. The van der Waals surface area contributed by atoms with Crippen molar-refractivity contribution in [3.8, 4) is 0 Å².